The van der Waals surface area contributed by atoms with Gasteiger partial charge in [-0.2, -0.15) is 0 Å². The second-order valence-corrected chi connectivity index (χ2v) is 4.45. The fourth-order valence-electron chi connectivity index (χ4n) is 1.57. The van der Waals surface area contributed by atoms with Crippen molar-refractivity contribution in [3.05, 3.63) is 47.1 Å². The minimum absolute atomic E-state index is 0.441. The standard InChI is InChI=1S/C11H9BrN4O2/c12-7-1-2-9(16-4-3-8(13)15-16)14-10(7)11-17-5-6-18-11/h1-6,11H,(H2,13,15). The van der Waals surface area contributed by atoms with Gasteiger partial charge in [-0.05, 0) is 28.1 Å². The number of nitrogen functional groups attached to an aromatic ring is 1. The molecule has 0 fully saturated rings. The molecule has 0 spiro atoms. The first-order chi connectivity index (χ1) is 8.74. The van der Waals surface area contributed by atoms with E-state index in [0.717, 1.165) is 4.47 Å². The van der Waals surface area contributed by atoms with E-state index in [4.69, 9.17) is 15.2 Å². The van der Waals surface area contributed by atoms with Gasteiger partial charge >= 0.3 is 0 Å². The van der Waals surface area contributed by atoms with Crippen LogP contribution in [0.2, 0.25) is 0 Å². The fourth-order valence-corrected chi connectivity index (χ4v) is 1.98. The molecule has 0 aliphatic carbocycles. The van der Waals surface area contributed by atoms with Crippen molar-refractivity contribution < 1.29 is 9.47 Å². The molecule has 6 nitrogen and oxygen atoms in total. The average molecular weight is 309 g/mol. The Morgan fingerprint density at radius 2 is 2.00 bits per heavy atom. The van der Waals surface area contributed by atoms with Gasteiger partial charge in [0.15, 0.2) is 5.82 Å². The molecular formula is C11H9BrN4O2. The molecule has 3 heterocycles. The number of rotatable bonds is 2. The molecule has 0 bridgehead atoms. The molecule has 2 aromatic heterocycles. The van der Waals surface area contributed by atoms with E-state index < -0.39 is 6.29 Å². The number of nitrogens with zero attached hydrogens (tertiary/aromatic N) is 3. The van der Waals surface area contributed by atoms with E-state index in [2.05, 4.69) is 26.0 Å². The summed E-state index contributed by atoms with van der Waals surface area (Å²) < 4.78 is 12.9. The lowest BCUT2D eigenvalue weighted by Gasteiger charge is -2.12. The maximum Gasteiger partial charge on any atom is 0.284 e. The first-order valence-corrected chi connectivity index (χ1v) is 5.97. The molecule has 0 atom stereocenters. The van der Waals surface area contributed by atoms with Gasteiger partial charge in [0.05, 0.1) is 0 Å². The van der Waals surface area contributed by atoms with Crippen molar-refractivity contribution in [1.29, 1.82) is 0 Å². The molecule has 1 aliphatic rings. The van der Waals surface area contributed by atoms with Gasteiger partial charge in [0.2, 0.25) is 0 Å². The van der Waals surface area contributed by atoms with Crippen molar-refractivity contribution in [2.45, 2.75) is 6.29 Å². The normalized spacial score (nSPS) is 14.5. The van der Waals surface area contributed by atoms with Crippen LogP contribution in [0.4, 0.5) is 5.82 Å². The van der Waals surface area contributed by atoms with Crippen molar-refractivity contribution in [2.75, 3.05) is 5.73 Å². The van der Waals surface area contributed by atoms with E-state index in [-0.39, 0.29) is 0 Å². The number of aromatic nitrogens is 3. The number of nitrogens with two attached hydrogens (primary N) is 1. The highest BCUT2D eigenvalue weighted by Crippen LogP contribution is 2.29. The number of pyridine rings is 1. The van der Waals surface area contributed by atoms with Crippen molar-refractivity contribution >= 4 is 21.7 Å². The molecule has 0 radical (unpaired) electrons. The molecule has 3 rings (SSSR count). The second-order valence-electron chi connectivity index (χ2n) is 3.60. The first kappa shape index (κ1) is 11.1. The highest BCUT2D eigenvalue weighted by Gasteiger charge is 2.21. The Bertz CT molecular complexity index is 603. The number of hydrogen-bond donors (Lipinski definition) is 1. The average Bonchev–Trinajstić information content (AvgIpc) is 3.01. The molecule has 0 amide bonds. The summed E-state index contributed by atoms with van der Waals surface area (Å²) in [6.45, 7) is 0. The zero-order chi connectivity index (χ0) is 12.5. The smallest absolute Gasteiger partial charge is 0.284 e. The van der Waals surface area contributed by atoms with Crippen molar-refractivity contribution in [1.82, 2.24) is 14.8 Å². The van der Waals surface area contributed by atoms with Gasteiger partial charge in [0.25, 0.3) is 6.29 Å². The summed E-state index contributed by atoms with van der Waals surface area (Å²) in [6, 6.07) is 5.39. The van der Waals surface area contributed by atoms with E-state index in [1.807, 2.05) is 12.1 Å². The number of ether oxygens (including phenoxy) is 2. The topological polar surface area (TPSA) is 75.2 Å². The monoisotopic (exact) mass is 308 g/mol. The van der Waals surface area contributed by atoms with Gasteiger partial charge in [0, 0.05) is 16.7 Å². The molecule has 1 aliphatic heterocycles. The minimum Gasteiger partial charge on any atom is -0.454 e. The van der Waals surface area contributed by atoms with Gasteiger partial charge in [-0.25, -0.2) is 9.67 Å². The number of anilines is 1. The Balaban J connectivity index is 2.00. The molecule has 2 N–H and O–H groups in total. The van der Waals surface area contributed by atoms with Crippen LogP contribution in [0.1, 0.15) is 12.0 Å². The maximum atomic E-state index is 5.58. The van der Waals surface area contributed by atoms with Crippen LogP contribution in [-0.2, 0) is 9.47 Å². The van der Waals surface area contributed by atoms with E-state index in [1.165, 1.54) is 12.5 Å². The highest BCUT2D eigenvalue weighted by atomic mass is 79.9. The summed E-state index contributed by atoms with van der Waals surface area (Å²) in [7, 11) is 0. The summed E-state index contributed by atoms with van der Waals surface area (Å²) >= 11 is 3.41. The van der Waals surface area contributed by atoms with Crippen LogP contribution in [0, 0.1) is 0 Å². The van der Waals surface area contributed by atoms with E-state index in [0.29, 0.717) is 17.3 Å². The van der Waals surface area contributed by atoms with Crippen molar-refractivity contribution in [3.8, 4) is 5.82 Å². The molecule has 92 valence electrons. The molecule has 0 unspecified atom stereocenters. The zero-order valence-corrected chi connectivity index (χ0v) is 10.7. The predicted molar refractivity (Wildman–Crippen MR) is 67.5 cm³/mol. The zero-order valence-electron chi connectivity index (χ0n) is 9.15. The Morgan fingerprint density at radius 3 is 2.67 bits per heavy atom. The van der Waals surface area contributed by atoms with E-state index in [9.17, 15) is 0 Å². The van der Waals surface area contributed by atoms with E-state index >= 15 is 0 Å². The predicted octanol–water partition coefficient (Wildman–Crippen LogP) is 2.13. The number of halogens is 1. The molecule has 2 aromatic rings. The van der Waals surface area contributed by atoms with E-state index in [1.54, 1.807) is 16.9 Å². The lowest BCUT2D eigenvalue weighted by atomic mass is 10.3. The van der Waals surface area contributed by atoms with Crippen LogP contribution in [-0.4, -0.2) is 14.8 Å². The van der Waals surface area contributed by atoms with Crippen LogP contribution >= 0.6 is 15.9 Å². The Hall–Kier alpha value is -2.02. The molecule has 7 heteroatoms. The summed E-state index contributed by atoms with van der Waals surface area (Å²) in [5.74, 6) is 1.08. The summed E-state index contributed by atoms with van der Waals surface area (Å²) in [4.78, 5) is 4.45. The third-order valence-corrected chi connectivity index (χ3v) is 3.06. The third-order valence-electron chi connectivity index (χ3n) is 2.39. The SMILES string of the molecule is Nc1ccn(-c2ccc(Br)c(C3OC=CO3)n2)n1. The second kappa shape index (κ2) is 4.34. The maximum absolute atomic E-state index is 5.58. The summed E-state index contributed by atoms with van der Waals surface area (Å²) in [5.41, 5.74) is 6.22. The van der Waals surface area contributed by atoms with Crippen LogP contribution < -0.4 is 5.73 Å². The van der Waals surface area contributed by atoms with Crippen LogP contribution in [0.3, 0.4) is 0 Å². The lowest BCUT2D eigenvalue weighted by Crippen LogP contribution is -2.07. The van der Waals surface area contributed by atoms with Crippen LogP contribution in [0.5, 0.6) is 0 Å². The van der Waals surface area contributed by atoms with Crippen LogP contribution in [0.25, 0.3) is 5.82 Å². The Labute approximate surface area is 111 Å². The quantitative estimate of drug-likeness (QED) is 0.920. The fraction of sp³-hybridized carbons (Fsp3) is 0.0909. The third kappa shape index (κ3) is 1.92. The molecule has 0 saturated carbocycles. The first-order valence-electron chi connectivity index (χ1n) is 5.18. The Morgan fingerprint density at radius 1 is 1.22 bits per heavy atom. The minimum atomic E-state index is -0.535. The summed E-state index contributed by atoms with van der Waals surface area (Å²) in [5, 5.41) is 4.10. The van der Waals surface area contributed by atoms with Gasteiger partial charge in [-0.1, -0.05) is 0 Å². The van der Waals surface area contributed by atoms with Crippen molar-refractivity contribution in [3.63, 3.8) is 0 Å². The molecular weight excluding hydrogens is 300 g/mol. The van der Waals surface area contributed by atoms with Gasteiger partial charge in [-0.3, -0.25) is 0 Å². The molecule has 0 saturated heterocycles. The van der Waals surface area contributed by atoms with Crippen molar-refractivity contribution in [2.24, 2.45) is 0 Å². The highest BCUT2D eigenvalue weighted by molar-refractivity contribution is 9.10. The number of hydrogen-bond acceptors (Lipinski definition) is 5. The molecule has 0 aromatic carbocycles. The van der Waals surface area contributed by atoms with Gasteiger partial charge < -0.3 is 15.2 Å². The Kier molecular flexibility index (Phi) is 2.67. The van der Waals surface area contributed by atoms with Gasteiger partial charge in [-0.15, -0.1) is 5.10 Å². The largest absolute Gasteiger partial charge is 0.454 e. The molecule has 18 heavy (non-hydrogen) atoms. The van der Waals surface area contributed by atoms with Crippen LogP contribution in [0.15, 0.2) is 41.4 Å². The van der Waals surface area contributed by atoms with Gasteiger partial charge in [0.1, 0.15) is 24.0 Å². The lowest BCUT2D eigenvalue weighted by molar-refractivity contribution is -0.0285. The summed E-state index contributed by atoms with van der Waals surface area (Å²) in [6.07, 6.45) is 4.17.